The van der Waals surface area contributed by atoms with Gasteiger partial charge in [0.2, 0.25) is 5.91 Å². The summed E-state index contributed by atoms with van der Waals surface area (Å²) in [6, 6.07) is 7.64. The van der Waals surface area contributed by atoms with Crippen molar-refractivity contribution in [2.24, 2.45) is 0 Å². The fraction of sp³-hybridized carbons (Fsp3) is 0.235. The topological polar surface area (TPSA) is 62.3 Å². The summed E-state index contributed by atoms with van der Waals surface area (Å²) in [7, 11) is 0. The van der Waals surface area contributed by atoms with Crippen molar-refractivity contribution in [2.45, 2.75) is 18.9 Å². The van der Waals surface area contributed by atoms with E-state index in [0.29, 0.717) is 34.3 Å². The molecule has 1 aliphatic rings. The zero-order valence-corrected chi connectivity index (χ0v) is 14.2. The maximum atomic E-state index is 12.7. The van der Waals surface area contributed by atoms with E-state index < -0.39 is 6.04 Å². The van der Waals surface area contributed by atoms with E-state index in [4.69, 9.17) is 23.2 Å². The predicted molar refractivity (Wildman–Crippen MR) is 93.4 cm³/mol. The third kappa shape index (κ3) is 3.52. The van der Waals surface area contributed by atoms with Crippen LogP contribution in [0.2, 0.25) is 10.0 Å². The van der Waals surface area contributed by atoms with Gasteiger partial charge in [-0.2, -0.15) is 0 Å². The van der Waals surface area contributed by atoms with Gasteiger partial charge in [-0.25, -0.2) is 0 Å². The van der Waals surface area contributed by atoms with Crippen LogP contribution in [0.4, 0.5) is 5.69 Å². The number of nitrogens with one attached hydrogen (secondary N) is 1. The Bertz CT molecular complexity index is 768. The zero-order chi connectivity index (χ0) is 17.1. The molecule has 0 spiro atoms. The number of rotatable bonds is 3. The molecule has 1 atom stereocenters. The third-order valence-corrected chi connectivity index (χ3v) is 4.67. The molecule has 124 valence electrons. The summed E-state index contributed by atoms with van der Waals surface area (Å²) < 4.78 is 0. The van der Waals surface area contributed by atoms with Crippen LogP contribution in [-0.4, -0.2) is 34.3 Å². The minimum atomic E-state index is -0.500. The Labute approximate surface area is 149 Å². The van der Waals surface area contributed by atoms with Crippen molar-refractivity contribution < 1.29 is 9.59 Å². The Hall–Kier alpha value is -2.11. The van der Waals surface area contributed by atoms with Crippen LogP contribution in [-0.2, 0) is 4.79 Å². The molecule has 2 aromatic rings. The minimum absolute atomic E-state index is 0.202. The van der Waals surface area contributed by atoms with Crippen molar-refractivity contribution in [1.29, 1.82) is 0 Å². The van der Waals surface area contributed by atoms with Crippen molar-refractivity contribution in [2.75, 3.05) is 11.9 Å². The number of nitrogens with zero attached hydrogens (tertiary/aromatic N) is 2. The highest BCUT2D eigenvalue weighted by Crippen LogP contribution is 2.26. The average Bonchev–Trinajstić information content (AvgIpc) is 3.07. The summed E-state index contributed by atoms with van der Waals surface area (Å²) in [5.41, 5.74) is 1.08. The summed E-state index contributed by atoms with van der Waals surface area (Å²) in [4.78, 5) is 30.7. The smallest absolute Gasteiger partial charge is 0.254 e. The lowest BCUT2D eigenvalue weighted by molar-refractivity contribution is -0.119. The van der Waals surface area contributed by atoms with E-state index in [0.717, 1.165) is 6.42 Å². The Balaban J connectivity index is 1.76. The van der Waals surface area contributed by atoms with Crippen LogP contribution in [0.25, 0.3) is 0 Å². The largest absolute Gasteiger partial charge is 0.327 e. The normalized spacial score (nSPS) is 16.9. The number of likely N-dealkylation sites (tertiary alicyclic amines) is 1. The van der Waals surface area contributed by atoms with Crippen molar-refractivity contribution in [3.63, 3.8) is 0 Å². The summed E-state index contributed by atoms with van der Waals surface area (Å²) in [6.07, 6.45) is 4.61. The fourth-order valence-electron chi connectivity index (χ4n) is 2.74. The quantitative estimate of drug-likeness (QED) is 0.905. The summed E-state index contributed by atoms with van der Waals surface area (Å²) in [5, 5.41) is 3.53. The SMILES string of the molecule is O=C(Nc1ccncc1)[C@H]1CCCN1C(=O)c1ccc(Cl)c(Cl)c1. The molecule has 24 heavy (non-hydrogen) atoms. The van der Waals surface area contributed by atoms with E-state index in [9.17, 15) is 9.59 Å². The second kappa shape index (κ2) is 7.20. The Morgan fingerprint density at radius 3 is 2.58 bits per heavy atom. The maximum absolute atomic E-state index is 12.7. The predicted octanol–water partition coefficient (Wildman–Crippen LogP) is 3.63. The molecular formula is C17H15Cl2N3O2. The molecule has 1 fully saturated rings. The highest BCUT2D eigenvalue weighted by molar-refractivity contribution is 6.42. The van der Waals surface area contributed by atoms with Crippen molar-refractivity contribution in [3.8, 4) is 0 Å². The Morgan fingerprint density at radius 2 is 1.88 bits per heavy atom. The molecule has 7 heteroatoms. The van der Waals surface area contributed by atoms with Gasteiger partial charge in [0.05, 0.1) is 10.0 Å². The van der Waals surface area contributed by atoms with Crippen molar-refractivity contribution >= 4 is 40.7 Å². The van der Waals surface area contributed by atoms with Gasteiger partial charge in [0.15, 0.2) is 0 Å². The van der Waals surface area contributed by atoms with Gasteiger partial charge in [0.1, 0.15) is 6.04 Å². The molecule has 2 heterocycles. The van der Waals surface area contributed by atoms with Crippen LogP contribution in [0.3, 0.4) is 0 Å². The van der Waals surface area contributed by atoms with E-state index in [2.05, 4.69) is 10.3 Å². The molecule has 0 aliphatic carbocycles. The molecule has 0 bridgehead atoms. The monoisotopic (exact) mass is 363 g/mol. The lowest BCUT2D eigenvalue weighted by atomic mass is 10.1. The first kappa shape index (κ1) is 16.7. The minimum Gasteiger partial charge on any atom is -0.327 e. The lowest BCUT2D eigenvalue weighted by Crippen LogP contribution is -2.43. The molecule has 3 rings (SSSR count). The van der Waals surface area contributed by atoms with Crippen molar-refractivity contribution in [1.82, 2.24) is 9.88 Å². The molecule has 0 saturated carbocycles. The van der Waals surface area contributed by atoms with Crippen LogP contribution < -0.4 is 5.32 Å². The first-order valence-corrected chi connectivity index (χ1v) is 8.29. The van der Waals surface area contributed by atoms with Gasteiger partial charge in [-0.1, -0.05) is 23.2 Å². The fourth-order valence-corrected chi connectivity index (χ4v) is 3.04. The number of aromatic nitrogens is 1. The van der Waals surface area contributed by atoms with Crippen LogP contribution in [0, 0.1) is 0 Å². The number of hydrogen-bond acceptors (Lipinski definition) is 3. The number of anilines is 1. The summed E-state index contributed by atoms with van der Waals surface area (Å²) in [5.74, 6) is -0.423. The van der Waals surface area contributed by atoms with Crippen LogP contribution >= 0.6 is 23.2 Å². The first-order valence-electron chi connectivity index (χ1n) is 7.53. The lowest BCUT2D eigenvalue weighted by Gasteiger charge is -2.24. The number of pyridine rings is 1. The maximum Gasteiger partial charge on any atom is 0.254 e. The average molecular weight is 364 g/mol. The van der Waals surface area contributed by atoms with Gasteiger partial charge < -0.3 is 10.2 Å². The number of amides is 2. The zero-order valence-electron chi connectivity index (χ0n) is 12.7. The number of carbonyl (C=O) groups is 2. The molecule has 2 amide bonds. The van der Waals surface area contributed by atoms with Gasteiger partial charge in [-0.3, -0.25) is 14.6 Å². The summed E-state index contributed by atoms with van der Waals surface area (Å²) in [6.45, 7) is 0.535. The van der Waals surface area contributed by atoms with Gasteiger partial charge in [0, 0.05) is 30.2 Å². The standard InChI is InChI=1S/C17H15Cl2N3O2/c18-13-4-3-11(10-14(13)19)17(24)22-9-1-2-15(22)16(23)21-12-5-7-20-8-6-12/h3-8,10,15H,1-2,9H2,(H,20,21,23)/t15-/m1/s1. The van der Waals surface area contributed by atoms with Gasteiger partial charge in [-0.05, 0) is 43.2 Å². The molecule has 0 unspecified atom stereocenters. The van der Waals surface area contributed by atoms with E-state index in [1.165, 1.54) is 6.07 Å². The molecule has 1 aromatic heterocycles. The molecule has 5 nitrogen and oxygen atoms in total. The van der Waals surface area contributed by atoms with Crippen LogP contribution in [0.15, 0.2) is 42.7 Å². The first-order chi connectivity index (χ1) is 11.6. The van der Waals surface area contributed by atoms with Crippen LogP contribution in [0.1, 0.15) is 23.2 Å². The molecule has 1 aliphatic heterocycles. The van der Waals surface area contributed by atoms with E-state index in [1.54, 1.807) is 41.6 Å². The number of carbonyl (C=O) groups excluding carboxylic acids is 2. The molecule has 0 radical (unpaired) electrons. The van der Waals surface area contributed by atoms with E-state index in [1.807, 2.05) is 0 Å². The van der Waals surface area contributed by atoms with Gasteiger partial charge in [0.25, 0.3) is 5.91 Å². The highest BCUT2D eigenvalue weighted by atomic mass is 35.5. The van der Waals surface area contributed by atoms with Crippen LogP contribution in [0.5, 0.6) is 0 Å². The highest BCUT2D eigenvalue weighted by Gasteiger charge is 2.34. The third-order valence-electron chi connectivity index (χ3n) is 3.93. The summed E-state index contributed by atoms with van der Waals surface area (Å²) >= 11 is 11.9. The Kier molecular flexibility index (Phi) is 5.02. The van der Waals surface area contributed by atoms with Gasteiger partial charge in [-0.15, -0.1) is 0 Å². The number of benzene rings is 1. The van der Waals surface area contributed by atoms with E-state index in [-0.39, 0.29) is 11.8 Å². The van der Waals surface area contributed by atoms with Gasteiger partial charge >= 0.3 is 0 Å². The number of halogens is 2. The molecule has 1 saturated heterocycles. The second-order valence-electron chi connectivity index (χ2n) is 5.51. The van der Waals surface area contributed by atoms with Crippen molar-refractivity contribution in [3.05, 3.63) is 58.3 Å². The molecular weight excluding hydrogens is 349 g/mol. The molecule has 1 aromatic carbocycles. The Morgan fingerprint density at radius 1 is 1.12 bits per heavy atom. The number of hydrogen-bond donors (Lipinski definition) is 1. The second-order valence-corrected chi connectivity index (χ2v) is 6.33. The van der Waals surface area contributed by atoms with E-state index >= 15 is 0 Å². The molecule has 1 N–H and O–H groups in total.